The number of piperidine rings is 1. The maximum absolute atomic E-state index is 10.7. The van der Waals surface area contributed by atoms with E-state index in [0.717, 1.165) is 32.2 Å². The zero-order valence-electron chi connectivity index (χ0n) is 10.5. The number of likely N-dealkylation sites (tertiary alicyclic amines) is 1. The summed E-state index contributed by atoms with van der Waals surface area (Å²) in [5.41, 5.74) is 1.51. The number of rotatable bonds is 3. The highest BCUT2D eigenvalue weighted by Gasteiger charge is 2.26. The molecular formula is C15H19NOS. The van der Waals surface area contributed by atoms with E-state index in [4.69, 9.17) is 0 Å². The minimum absolute atomic E-state index is 0.315. The lowest BCUT2D eigenvalue weighted by molar-refractivity contribution is -0.112. The van der Waals surface area contributed by atoms with Crippen molar-refractivity contribution >= 4 is 18.0 Å². The molecule has 2 nitrogen and oxygen atoms in total. The van der Waals surface area contributed by atoms with Crippen LogP contribution in [0.4, 0.5) is 0 Å². The molecule has 0 amide bonds. The van der Waals surface area contributed by atoms with E-state index in [1.54, 1.807) is 0 Å². The first-order chi connectivity index (χ1) is 8.85. The maximum atomic E-state index is 10.7. The number of thioether (sulfide) groups is 1. The molecule has 96 valence electrons. The van der Waals surface area contributed by atoms with Crippen LogP contribution in [0.2, 0.25) is 0 Å². The van der Waals surface area contributed by atoms with E-state index < -0.39 is 0 Å². The maximum Gasteiger partial charge on any atom is 0.123 e. The van der Waals surface area contributed by atoms with Crippen LogP contribution < -0.4 is 0 Å². The summed E-state index contributed by atoms with van der Waals surface area (Å²) in [5.74, 6) is 0.315. The largest absolute Gasteiger partial charge is 0.303 e. The van der Waals surface area contributed by atoms with Gasteiger partial charge in [0.05, 0.1) is 0 Å². The second-order valence-corrected chi connectivity index (χ2v) is 6.67. The molecule has 0 aromatic heterocycles. The van der Waals surface area contributed by atoms with Gasteiger partial charge in [0, 0.05) is 22.6 Å². The van der Waals surface area contributed by atoms with Gasteiger partial charge in [-0.05, 0) is 44.0 Å². The van der Waals surface area contributed by atoms with Crippen molar-refractivity contribution in [3.63, 3.8) is 0 Å². The predicted molar refractivity (Wildman–Crippen MR) is 75.0 cm³/mol. The van der Waals surface area contributed by atoms with Crippen molar-refractivity contribution in [2.45, 2.75) is 29.4 Å². The van der Waals surface area contributed by atoms with E-state index in [1.807, 2.05) is 11.8 Å². The number of fused-ring (bicyclic) bond motifs is 1. The fourth-order valence-electron chi connectivity index (χ4n) is 2.92. The Bertz CT molecular complexity index is 401. The molecule has 0 saturated carbocycles. The number of hydrogen-bond acceptors (Lipinski definition) is 3. The molecule has 1 aromatic rings. The Hall–Kier alpha value is -0.800. The molecule has 0 radical (unpaired) electrons. The van der Waals surface area contributed by atoms with E-state index in [0.29, 0.717) is 11.2 Å². The van der Waals surface area contributed by atoms with Gasteiger partial charge < -0.3 is 9.69 Å². The molecule has 1 saturated heterocycles. The van der Waals surface area contributed by atoms with Crippen LogP contribution in [0.5, 0.6) is 0 Å². The van der Waals surface area contributed by atoms with Gasteiger partial charge in [-0.15, -0.1) is 11.8 Å². The number of carbonyl (C=O) groups excluding carboxylic acids is 1. The number of benzene rings is 1. The van der Waals surface area contributed by atoms with Crippen molar-refractivity contribution in [1.82, 2.24) is 4.90 Å². The van der Waals surface area contributed by atoms with Crippen LogP contribution >= 0.6 is 11.8 Å². The average Bonchev–Trinajstić information content (AvgIpc) is 2.82. The van der Waals surface area contributed by atoms with Crippen molar-refractivity contribution in [2.75, 3.05) is 19.6 Å². The molecule has 0 spiro atoms. The number of hydrogen-bond donors (Lipinski definition) is 0. The molecule has 3 heteroatoms. The van der Waals surface area contributed by atoms with Gasteiger partial charge in [0.25, 0.3) is 0 Å². The Balaban J connectivity index is 1.53. The third-order valence-corrected chi connectivity index (χ3v) is 5.30. The Morgan fingerprint density at radius 2 is 2.06 bits per heavy atom. The molecule has 18 heavy (non-hydrogen) atoms. The van der Waals surface area contributed by atoms with Crippen LogP contribution in [0.15, 0.2) is 29.2 Å². The number of carbonyl (C=O) groups is 1. The summed E-state index contributed by atoms with van der Waals surface area (Å²) < 4.78 is 0. The van der Waals surface area contributed by atoms with Crippen LogP contribution in [0.25, 0.3) is 0 Å². The van der Waals surface area contributed by atoms with Gasteiger partial charge >= 0.3 is 0 Å². The van der Waals surface area contributed by atoms with E-state index in [-0.39, 0.29) is 0 Å². The molecule has 2 aliphatic rings. The molecule has 0 N–H and O–H groups in total. The van der Waals surface area contributed by atoms with Gasteiger partial charge in [-0.2, -0.15) is 0 Å². The van der Waals surface area contributed by atoms with Crippen molar-refractivity contribution < 1.29 is 4.79 Å². The molecule has 0 bridgehead atoms. The van der Waals surface area contributed by atoms with Crippen molar-refractivity contribution in [1.29, 1.82) is 0 Å². The summed E-state index contributed by atoms with van der Waals surface area (Å²) in [5, 5.41) is 0.704. The Morgan fingerprint density at radius 1 is 1.28 bits per heavy atom. The molecule has 2 heterocycles. The fraction of sp³-hybridized carbons (Fsp3) is 0.533. The standard InChI is InChI=1S/C15H19NOS/c17-11-12-5-7-16(8-6-12)10-14-9-13-3-1-2-4-15(13)18-14/h1-4,11-12,14H,5-10H2. The topological polar surface area (TPSA) is 20.3 Å². The van der Waals surface area contributed by atoms with Crippen LogP contribution in [0.1, 0.15) is 18.4 Å². The zero-order valence-corrected chi connectivity index (χ0v) is 11.4. The quantitative estimate of drug-likeness (QED) is 0.780. The zero-order chi connectivity index (χ0) is 12.4. The van der Waals surface area contributed by atoms with Crippen LogP contribution in [-0.2, 0) is 11.2 Å². The summed E-state index contributed by atoms with van der Waals surface area (Å²) in [4.78, 5) is 14.7. The predicted octanol–water partition coefficient (Wildman–Crippen LogP) is 2.61. The third kappa shape index (κ3) is 2.62. The van der Waals surface area contributed by atoms with Gasteiger partial charge in [0.1, 0.15) is 6.29 Å². The molecule has 1 aromatic carbocycles. The van der Waals surface area contributed by atoms with E-state index >= 15 is 0 Å². The normalized spacial score (nSPS) is 25.0. The summed E-state index contributed by atoms with van der Waals surface area (Å²) in [7, 11) is 0. The molecule has 1 unspecified atom stereocenters. The lowest BCUT2D eigenvalue weighted by Gasteiger charge is -2.31. The minimum atomic E-state index is 0.315. The van der Waals surface area contributed by atoms with Crippen molar-refractivity contribution in [3.8, 4) is 0 Å². The van der Waals surface area contributed by atoms with Gasteiger partial charge in [0.2, 0.25) is 0 Å². The highest BCUT2D eigenvalue weighted by atomic mass is 32.2. The van der Waals surface area contributed by atoms with Crippen molar-refractivity contribution in [3.05, 3.63) is 29.8 Å². The van der Waals surface area contributed by atoms with Crippen molar-refractivity contribution in [2.24, 2.45) is 5.92 Å². The van der Waals surface area contributed by atoms with Gasteiger partial charge in [-0.3, -0.25) is 0 Å². The SMILES string of the molecule is O=CC1CCN(CC2Cc3ccccc3S2)CC1. The van der Waals surface area contributed by atoms with E-state index in [1.165, 1.54) is 23.4 Å². The summed E-state index contributed by atoms with van der Waals surface area (Å²) in [6.07, 6.45) is 4.44. The first-order valence-electron chi connectivity index (χ1n) is 6.77. The van der Waals surface area contributed by atoms with Gasteiger partial charge in [-0.25, -0.2) is 0 Å². The number of aldehydes is 1. The molecule has 2 aliphatic heterocycles. The highest BCUT2D eigenvalue weighted by Crippen LogP contribution is 2.37. The first kappa shape index (κ1) is 12.2. The Labute approximate surface area is 113 Å². The minimum Gasteiger partial charge on any atom is -0.303 e. The second-order valence-electron chi connectivity index (χ2n) is 5.33. The van der Waals surface area contributed by atoms with E-state index in [9.17, 15) is 4.79 Å². The number of nitrogens with zero attached hydrogens (tertiary/aromatic N) is 1. The lowest BCUT2D eigenvalue weighted by Crippen LogP contribution is -2.38. The van der Waals surface area contributed by atoms with Gasteiger partial charge in [-0.1, -0.05) is 18.2 Å². The first-order valence-corrected chi connectivity index (χ1v) is 7.65. The fourth-order valence-corrected chi connectivity index (χ4v) is 4.28. The Morgan fingerprint density at radius 3 is 2.78 bits per heavy atom. The molecule has 1 fully saturated rings. The van der Waals surface area contributed by atoms with Crippen LogP contribution in [0, 0.1) is 5.92 Å². The summed E-state index contributed by atoms with van der Waals surface area (Å²) in [6, 6.07) is 8.75. The van der Waals surface area contributed by atoms with Crippen LogP contribution in [0.3, 0.4) is 0 Å². The molecular weight excluding hydrogens is 242 g/mol. The molecule has 3 rings (SSSR count). The van der Waals surface area contributed by atoms with Gasteiger partial charge in [0.15, 0.2) is 0 Å². The highest BCUT2D eigenvalue weighted by molar-refractivity contribution is 8.00. The van der Waals surface area contributed by atoms with Crippen LogP contribution in [-0.4, -0.2) is 36.1 Å². The third-order valence-electron chi connectivity index (χ3n) is 4.00. The summed E-state index contributed by atoms with van der Waals surface area (Å²) in [6.45, 7) is 3.36. The monoisotopic (exact) mass is 261 g/mol. The lowest BCUT2D eigenvalue weighted by atomic mass is 9.98. The second kappa shape index (κ2) is 5.45. The average molecular weight is 261 g/mol. The molecule has 0 aliphatic carbocycles. The van der Waals surface area contributed by atoms with E-state index in [2.05, 4.69) is 29.2 Å². The summed E-state index contributed by atoms with van der Waals surface area (Å²) >= 11 is 2.03. The Kier molecular flexibility index (Phi) is 3.71. The smallest absolute Gasteiger partial charge is 0.123 e. The molecule has 1 atom stereocenters.